The Morgan fingerprint density at radius 2 is 1.84 bits per heavy atom. The van der Waals surface area contributed by atoms with E-state index in [0.717, 1.165) is 23.5 Å². The molecule has 4 bridgehead atoms. The SMILES string of the molecule is C[C@H](N=Cc1ccco1)C12CC3CC(CC(C3)C1)C2. The fourth-order valence-electron chi connectivity index (χ4n) is 5.40. The molecule has 1 atom stereocenters. The minimum atomic E-state index is 0.450. The van der Waals surface area contributed by atoms with Crippen LogP contribution in [0, 0.1) is 23.2 Å². The summed E-state index contributed by atoms with van der Waals surface area (Å²) >= 11 is 0. The van der Waals surface area contributed by atoms with Crippen LogP contribution in [0.1, 0.15) is 51.2 Å². The van der Waals surface area contributed by atoms with Gasteiger partial charge < -0.3 is 4.42 Å². The second-order valence-corrected chi connectivity index (χ2v) is 7.25. The van der Waals surface area contributed by atoms with Gasteiger partial charge in [-0.3, -0.25) is 4.99 Å². The van der Waals surface area contributed by atoms with Crippen molar-refractivity contribution in [1.82, 2.24) is 0 Å². The van der Waals surface area contributed by atoms with E-state index in [4.69, 9.17) is 9.41 Å². The summed E-state index contributed by atoms with van der Waals surface area (Å²) in [7, 11) is 0. The standard InChI is InChI=1S/C17H23NO/c1-12(18-11-16-3-2-4-19-16)17-8-13-5-14(9-17)7-15(6-13)10-17/h2-4,11-15H,5-10H2,1H3/t12-,13?,14?,15?,17?/m0/s1. The van der Waals surface area contributed by atoms with Gasteiger partial charge in [-0.05, 0) is 80.8 Å². The molecule has 1 heterocycles. The number of hydrogen-bond acceptors (Lipinski definition) is 2. The van der Waals surface area contributed by atoms with Crippen LogP contribution < -0.4 is 0 Å². The van der Waals surface area contributed by atoms with Crippen LogP contribution in [0.4, 0.5) is 0 Å². The van der Waals surface area contributed by atoms with Crippen LogP contribution in [0.3, 0.4) is 0 Å². The van der Waals surface area contributed by atoms with Gasteiger partial charge in [0.25, 0.3) is 0 Å². The monoisotopic (exact) mass is 257 g/mol. The molecule has 102 valence electrons. The fourth-order valence-corrected chi connectivity index (χ4v) is 5.40. The van der Waals surface area contributed by atoms with E-state index in [-0.39, 0.29) is 0 Å². The molecule has 4 saturated carbocycles. The van der Waals surface area contributed by atoms with E-state index in [2.05, 4.69) is 6.92 Å². The highest BCUT2D eigenvalue weighted by Gasteiger charge is 2.53. The first-order valence-electron chi connectivity index (χ1n) is 7.80. The summed E-state index contributed by atoms with van der Waals surface area (Å²) in [5, 5.41) is 0. The van der Waals surface area contributed by atoms with Gasteiger partial charge >= 0.3 is 0 Å². The van der Waals surface area contributed by atoms with E-state index >= 15 is 0 Å². The summed E-state index contributed by atoms with van der Waals surface area (Å²) in [6, 6.07) is 4.36. The molecule has 19 heavy (non-hydrogen) atoms. The summed E-state index contributed by atoms with van der Waals surface area (Å²) in [6.07, 6.45) is 12.5. The lowest BCUT2D eigenvalue weighted by molar-refractivity contribution is -0.0632. The van der Waals surface area contributed by atoms with Gasteiger partial charge in [0.1, 0.15) is 5.76 Å². The summed E-state index contributed by atoms with van der Waals surface area (Å²) in [4.78, 5) is 4.84. The van der Waals surface area contributed by atoms with Gasteiger partial charge in [0.05, 0.1) is 18.5 Å². The van der Waals surface area contributed by atoms with Crippen molar-refractivity contribution in [2.75, 3.05) is 0 Å². The molecule has 0 saturated heterocycles. The molecule has 0 spiro atoms. The molecule has 0 amide bonds. The number of nitrogens with zero attached hydrogens (tertiary/aromatic N) is 1. The Hall–Kier alpha value is -1.05. The van der Waals surface area contributed by atoms with Crippen molar-refractivity contribution in [2.24, 2.45) is 28.2 Å². The Morgan fingerprint density at radius 1 is 1.21 bits per heavy atom. The molecule has 1 aromatic heterocycles. The Morgan fingerprint density at radius 3 is 2.37 bits per heavy atom. The smallest absolute Gasteiger partial charge is 0.144 e. The van der Waals surface area contributed by atoms with Crippen LogP contribution >= 0.6 is 0 Å². The average Bonchev–Trinajstić information content (AvgIpc) is 2.87. The zero-order valence-corrected chi connectivity index (χ0v) is 11.7. The van der Waals surface area contributed by atoms with Crippen LogP contribution in [0.5, 0.6) is 0 Å². The Balaban J connectivity index is 1.54. The second-order valence-electron chi connectivity index (χ2n) is 7.25. The maximum atomic E-state index is 5.35. The molecule has 1 aromatic rings. The van der Waals surface area contributed by atoms with Crippen molar-refractivity contribution >= 4 is 6.21 Å². The number of furan rings is 1. The predicted molar refractivity (Wildman–Crippen MR) is 76.4 cm³/mol. The predicted octanol–water partition coefficient (Wildman–Crippen LogP) is 4.30. The molecular weight excluding hydrogens is 234 g/mol. The van der Waals surface area contributed by atoms with Gasteiger partial charge in [0, 0.05) is 0 Å². The van der Waals surface area contributed by atoms with E-state index in [1.807, 2.05) is 18.3 Å². The van der Waals surface area contributed by atoms with Crippen LogP contribution in [-0.2, 0) is 0 Å². The zero-order chi connectivity index (χ0) is 12.9. The Kier molecular flexibility index (Phi) is 2.61. The normalized spacial score (nSPS) is 42.1. The first kappa shape index (κ1) is 11.7. The molecule has 0 aliphatic heterocycles. The van der Waals surface area contributed by atoms with Crippen LogP contribution in [-0.4, -0.2) is 12.3 Å². The molecule has 0 radical (unpaired) electrons. The molecule has 4 aliphatic rings. The van der Waals surface area contributed by atoms with Gasteiger partial charge in [0.2, 0.25) is 0 Å². The van der Waals surface area contributed by atoms with Crippen molar-refractivity contribution in [1.29, 1.82) is 0 Å². The van der Waals surface area contributed by atoms with Gasteiger partial charge in [-0.2, -0.15) is 0 Å². The van der Waals surface area contributed by atoms with E-state index in [9.17, 15) is 0 Å². The maximum absolute atomic E-state index is 5.35. The highest BCUT2D eigenvalue weighted by Crippen LogP contribution is 2.61. The minimum absolute atomic E-state index is 0.450. The molecule has 2 nitrogen and oxygen atoms in total. The van der Waals surface area contributed by atoms with Crippen molar-refractivity contribution < 1.29 is 4.42 Å². The third kappa shape index (κ3) is 1.96. The summed E-state index contributed by atoms with van der Waals surface area (Å²) in [6.45, 7) is 2.33. The first-order valence-corrected chi connectivity index (χ1v) is 7.80. The second kappa shape index (κ2) is 4.22. The van der Waals surface area contributed by atoms with Crippen molar-refractivity contribution in [3.05, 3.63) is 24.2 Å². The van der Waals surface area contributed by atoms with E-state index in [0.29, 0.717) is 11.5 Å². The quantitative estimate of drug-likeness (QED) is 0.741. The lowest BCUT2D eigenvalue weighted by Crippen LogP contribution is -2.50. The lowest BCUT2D eigenvalue weighted by Gasteiger charge is -2.58. The van der Waals surface area contributed by atoms with Crippen molar-refractivity contribution in [3.8, 4) is 0 Å². The van der Waals surface area contributed by atoms with E-state index < -0.39 is 0 Å². The number of rotatable bonds is 3. The van der Waals surface area contributed by atoms with Gasteiger partial charge in [0.15, 0.2) is 0 Å². The summed E-state index contributed by atoms with van der Waals surface area (Å²) in [5.41, 5.74) is 0.512. The van der Waals surface area contributed by atoms with Crippen molar-refractivity contribution in [3.63, 3.8) is 0 Å². The molecule has 0 aromatic carbocycles. The van der Waals surface area contributed by atoms with Crippen LogP contribution in [0.15, 0.2) is 27.8 Å². The molecule has 4 aliphatic carbocycles. The highest BCUT2D eigenvalue weighted by atomic mass is 16.3. The zero-order valence-electron chi connectivity index (χ0n) is 11.7. The fraction of sp³-hybridized carbons (Fsp3) is 0.706. The van der Waals surface area contributed by atoms with Crippen molar-refractivity contribution in [2.45, 2.75) is 51.5 Å². The average molecular weight is 257 g/mol. The van der Waals surface area contributed by atoms with Gasteiger partial charge in [-0.15, -0.1) is 0 Å². The lowest BCUT2D eigenvalue weighted by atomic mass is 9.48. The van der Waals surface area contributed by atoms with Crippen LogP contribution in [0.25, 0.3) is 0 Å². The number of aliphatic imine (C=N–C) groups is 1. The molecule has 2 heteroatoms. The Labute approximate surface area is 115 Å². The molecule has 0 N–H and O–H groups in total. The van der Waals surface area contributed by atoms with Gasteiger partial charge in [-0.25, -0.2) is 0 Å². The largest absolute Gasteiger partial charge is 0.463 e. The molecular formula is C17H23NO. The highest BCUT2D eigenvalue weighted by molar-refractivity contribution is 5.75. The molecule has 5 rings (SSSR count). The first-order chi connectivity index (χ1) is 9.23. The molecule has 0 unspecified atom stereocenters. The summed E-state index contributed by atoms with van der Waals surface area (Å²) < 4.78 is 5.35. The number of hydrogen-bond donors (Lipinski definition) is 0. The minimum Gasteiger partial charge on any atom is -0.463 e. The summed E-state index contributed by atoms with van der Waals surface area (Å²) in [5.74, 6) is 3.91. The molecule has 4 fully saturated rings. The van der Waals surface area contributed by atoms with Gasteiger partial charge in [-0.1, -0.05) is 0 Å². The van der Waals surface area contributed by atoms with E-state index in [1.165, 1.54) is 38.5 Å². The Bertz CT molecular complexity index is 438. The van der Waals surface area contributed by atoms with E-state index in [1.54, 1.807) is 6.26 Å². The van der Waals surface area contributed by atoms with Crippen LogP contribution in [0.2, 0.25) is 0 Å². The third-order valence-electron chi connectivity index (χ3n) is 5.94. The topological polar surface area (TPSA) is 25.5 Å². The maximum Gasteiger partial charge on any atom is 0.144 e. The third-order valence-corrected chi connectivity index (χ3v) is 5.94.